The largest absolute Gasteiger partial charge is 0.453 e. The van der Waals surface area contributed by atoms with Crippen LogP contribution in [-0.2, 0) is 13.9 Å². The van der Waals surface area contributed by atoms with E-state index >= 15 is 0 Å². The summed E-state index contributed by atoms with van der Waals surface area (Å²) in [7, 11) is -2.94. The summed E-state index contributed by atoms with van der Waals surface area (Å²) < 4.78 is 19.2. The van der Waals surface area contributed by atoms with Gasteiger partial charge in [-0.25, -0.2) is 4.79 Å². The van der Waals surface area contributed by atoms with Gasteiger partial charge >= 0.3 is 5.97 Å². The zero-order chi connectivity index (χ0) is 29.5. The molecular weight excluding hydrogens is 534 g/mol. The number of azide groups is 1. The quantitative estimate of drug-likeness (QED) is 0.0901. The molecule has 41 heavy (non-hydrogen) atoms. The Morgan fingerprint density at radius 1 is 1.00 bits per heavy atom. The highest BCUT2D eigenvalue weighted by molar-refractivity contribution is 6.99. The fraction of sp³-hybridized carbons (Fsp3) is 0.344. The third-order valence-corrected chi connectivity index (χ3v) is 12.5. The Balaban J connectivity index is 1.68. The Morgan fingerprint density at radius 3 is 2.02 bits per heavy atom. The lowest BCUT2D eigenvalue weighted by Crippen LogP contribution is -2.68. The predicted octanol–water partition coefficient (Wildman–Crippen LogP) is 5.17. The van der Waals surface area contributed by atoms with Gasteiger partial charge in [0.1, 0.15) is 12.2 Å². The van der Waals surface area contributed by atoms with Crippen LogP contribution in [0.25, 0.3) is 10.4 Å². The van der Waals surface area contributed by atoms with E-state index in [1.165, 1.54) is 0 Å². The molecule has 1 aliphatic rings. The summed E-state index contributed by atoms with van der Waals surface area (Å²) in [5, 5.41) is 17.2. The lowest BCUT2D eigenvalue weighted by atomic mass is 9.91. The Hall–Kier alpha value is -3.72. The molecule has 9 heteroatoms. The second kappa shape index (κ2) is 13.3. The van der Waals surface area contributed by atoms with Crippen LogP contribution in [0.3, 0.4) is 0 Å². The van der Waals surface area contributed by atoms with Gasteiger partial charge in [-0.1, -0.05) is 111 Å². The van der Waals surface area contributed by atoms with E-state index in [4.69, 9.17) is 13.9 Å². The van der Waals surface area contributed by atoms with Crippen LogP contribution in [0, 0.1) is 0 Å². The molecule has 8 nitrogen and oxygen atoms in total. The second-order valence-corrected chi connectivity index (χ2v) is 15.4. The van der Waals surface area contributed by atoms with Gasteiger partial charge in [0.2, 0.25) is 0 Å². The van der Waals surface area contributed by atoms with Crippen molar-refractivity contribution in [1.29, 1.82) is 0 Å². The normalized spacial score (nSPS) is 22.8. The number of nitrogens with zero attached hydrogens (tertiary/aromatic N) is 3. The van der Waals surface area contributed by atoms with Gasteiger partial charge in [-0.05, 0) is 39.5 Å². The average molecular weight is 572 g/mol. The zero-order valence-electron chi connectivity index (χ0n) is 23.7. The maximum absolute atomic E-state index is 12.9. The Labute approximate surface area is 242 Å². The van der Waals surface area contributed by atoms with E-state index in [1.807, 2.05) is 36.4 Å². The summed E-state index contributed by atoms with van der Waals surface area (Å²) in [5.74, 6) is -0.603. The highest BCUT2D eigenvalue weighted by Crippen LogP contribution is 2.38. The molecule has 2 unspecified atom stereocenters. The van der Waals surface area contributed by atoms with Crippen molar-refractivity contribution in [2.24, 2.45) is 5.11 Å². The fourth-order valence-corrected chi connectivity index (χ4v) is 10.2. The Morgan fingerprint density at radius 2 is 1.54 bits per heavy atom. The van der Waals surface area contributed by atoms with E-state index in [0.717, 1.165) is 10.4 Å². The highest BCUT2D eigenvalue weighted by atomic mass is 28.4. The van der Waals surface area contributed by atoms with Crippen LogP contribution in [0.4, 0.5) is 0 Å². The van der Waals surface area contributed by atoms with Crippen LogP contribution < -0.4 is 10.4 Å². The number of aliphatic hydroxyl groups excluding tert-OH is 1. The topological polar surface area (TPSA) is 114 Å². The van der Waals surface area contributed by atoms with Gasteiger partial charge in [-0.3, -0.25) is 0 Å². The summed E-state index contributed by atoms with van der Waals surface area (Å²) in [6, 6.07) is 27.8. The molecular formula is C32H37N3O5Si. The number of esters is 1. The summed E-state index contributed by atoms with van der Waals surface area (Å²) >= 11 is 0. The van der Waals surface area contributed by atoms with Gasteiger partial charge in [0.15, 0.2) is 6.10 Å². The molecule has 3 aromatic carbocycles. The molecule has 1 fully saturated rings. The van der Waals surface area contributed by atoms with E-state index in [-0.39, 0.29) is 11.6 Å². The number of hydrogen-bond donors (Lipinski definition) is 1. The molecule has 1 N–H and O–H groups in total. The number of rotatable bonds is 10. The van der Waals surface area contributed by atoms with E-state index in [0.29, 0.717) is 12.0 Å². The second-order valence-electron chi connectivity index (χ2n) is 11.1. The molecule has 0 spiro atoms. The van der Waals surface area contributed by atoms with E-state index < -0.39 is 44.7 Å². The molecule has 214 valence electrons. The number of hydrogen-bond acceptors (Lipinski definition) is 6. The third-order valence-electron chi connectivity index (χ3n) is 7.50. The van der Waals surface area contributed by atoms with Crippen molar-refractivity contribution >= 4 is 24.7 Å². The standard InChI is InChI=1S/C32H37N3O5Si/c1-5-15-26-30(40-31(37)23-16-9-6-10-17-23)29(36)28(34-35-33)27(39-26)22-38-41(32(2,3)4,24-18-11-7-12-19-24)25-20-13-8-14-21-25/h5-14,16-21,26-30,36H,1,15,22H2,2-4H3/t26-,27?,28-,29-,30?/m0/s1. The Bertz CT molecular complexity index is 1300. The van der Waals surface area contributed by atoms with Gasteiger partial charge < -0.3 is 19.0 Å². The smallest absolute Gasteiger partial charge is 0.338 e. The minimum atomic E-state index is -2.94. The summed E-state index contributed by atoms with van der Waals surface area (Å²) in [6.45, 7) is 10.4. The van der Waals surface area contributed by atoms with Crippen LogP contribution >= 0.6 is 0 Å². The van der Waals surface area contributed by atoms with Crippen molar-refractivity contribution in [2.45, 2.75) is 62.7 Å². The first-order valence-corrected chi connectivity index (χ1v) is 15.6. The first-order chi connectivity index (χ1) is 19.7. The number of carbonyl (C=O) groups is 1. The zero-order valence-corrected chi connectivity index (χ0v) is 24.7. The van der Waals surface area contributed by atoms with Crippen LogP contribution in [0.1, 0.15) is 37.6 Å². The molecule has 1 saturated heterocycles. The summed E-state index contributed by atoms with van der Waals surface area (Å²) in [6.07, 6.45) is -1.94. The Kier molecular flexibility index (Phi) is 9.80. The maximum Gasteiger partial charge on any atom is 0.338 e. The molecule has 0 radical (unpaired) electrons. The van der Waals surface area contributed by atoms with Crippen molar-refractivity contribution in [1.82, 2.24) is 0 Å². The molecule has 5 atom stereocenters. The van der Waals surface area contributed by atoms with Crippen molar-refractivity contribution in [3.63, 3.8) is 0 Å². The monoisotopic (exact) mass is 571 g/mol. The number of carbonyl (C=O) groups excluding carboxylic acids is 1. The first-order valence-electron chi connectivity index (χ1n) is 13.7. The SMILES string of the molecule is C=CC[C@@H]1OC(CO[Si](c2ccccc2)(c2ccccc2)C(C)(C)C)[C@H](N=[N+]=[N-])[C@H](O)C1OC(=O)c1ccccc1. The van der Waals surface area contributed by atoms with Gasteiger partial charge in [-0.15, -0.1) is 6.58 Å². The van der Waals surface area contributed by atoms with Crippen molar-refractivity contribution in [2.75, 3.05) is 6.61 Å². The molecule has 0 aliphatic carbocycles. The molecule has 1 heterocycles. The molecule has 0 bridgehead atoms. The number of aliphatic hydroxyl groups is 1. The van der Waals surface area contributed by atoms with Crippen LogP contribution in [0.2, 0.25) is 5.04 Å². The molecule has 4 rings (SSSR count). The average Bonchev–Trinajstić information content (AvgIpc) is 2.98. The number of benzene rings is 3. The fourth-order valence-electron chi connectivity index (χ4n) is 5.59. The van der Waals surface area contributed by atoms with Gasteiger partial charge in [-0.2, -0.15) is 0 Å². The van der Waals surface area contributed by atoms with Gasteiger partial charge in [0.25, 0.3) is 8.32 Å². The highest BCUT2D eigenvalue weighted by Gasteiger charge is 2.52. The number of ether oxygens (including phenoxy) is 2. The van der Waals surface area contributed by atoms with E-state index in [1.54, 1.807) is 36.4 Å². The molecule has 0 aromatic heterocycles. The molecule has 0 amide bonds. The molecule has 0 saturated carbocycles. The first kappa shape index (κ1) is 30.2. The summed E-state index contributed by atoms with van der Waals surface area (Å²) in [4.78, 5) is 15.9. The maximum atomic E-state index is 12.9. The van der Waals surface area contributed by atoms with E-state index in [9.17, 15) is 15.4 Å². The van der Waals surface area contributed by atoms with Crippen LogP contribution in [-0.4, -0.2) is 56.5 Å². The predicted molar refractivity (Wildman–Crippen MR) is 162 cm³/mol. The van der Waals surface area contributed by atoms with Crippen molar-refractivity contribution in [3.05, 3.63) is 120 Å². The molecule has 3 aromatic rings. The minimum Gasteiger partial charge on any atom is -0.453 e. The van der Waals surface area contributed by atoms with Crippen LogP contribution in [0.5, 0.6) is 0 Å². The van der Waals surface area contributed by atoms with Gasteiger partial charge in [0.05, 0.1) is 24.3 Å². The lowest BCUT2D eigenvalue weighted by Gasteiger charge is -2.46. The van der Waals surface area contributed by atoms with E-state index in [2.05, 4.69) is 61.6 Å². The molecule has 1 aliphatic heterocycles. The van der Waals surface area contributed by atoms with Crippen LogP contribution in [0.15, 0.2) is 109 Å². The van der Waals surface area contributed by atoms with Crippen molar-refractivity contribution < 1.29 is 23.8 Å². The van der Waals surface area contributed by atoms with Gasteiger partial charge in [0, 0.05) is 4.91 Å². The van der Waals surface area contributed by atoms with Crippen molar-refractivity contribution in [3.8, 4) is 0 Å². The summed E-state index contributed by atoms with van der Waals surface area (Å²) in [5.41, 5.74) is 9.76. The minimum absolute atomic E-state index is 0.0566. The third kappa shape index (κ3) is 6.45. The lowest BCUT2D eigenvalue weighted by molar-refractivity contribution is -0.185.